The summed E-state index contributed by atoms with van der Waals surface area (Å²) in [6.45, 7) is 0. The summed E-state index contributed by atoms with van der Waals surface area (Å²) in [5.41, 5.74) is 3.15. The molecule has 3 N–H and O–H groups in total. The Balaban J connectivity index is 1.99. The summed E-state index contributed by atoms with van der Waals surface area (Å²) in [6.07, 6.45) is 0. The Morgan fingerprint density at radius 3 is 3.00 bits per heavy atom. The number of hydrogen-bond donors (Lipinski definition) is 2. The van der Waals surface area contributed by atoms with Gasteiger partial charge in [0.05, 0.1) is 4.88 Å². The van der Waals surface area contributed by atoms with Crippen molar-refractivity contribution in [3.8, 4) is 0 Å². The van der Waals surface area contributed by atoms with Gasteiger partial charge in [0.2, 0.25) is 5.16 Å². The number of carbonyl (C=O) groups is 1. The zero-order valence-electron chi connectivity index (χ0n) is 11.1. The van der Waals surface area contributed by atoms with Gasteiger partial charge in [-0.05, 0) is 27.4 Å². The summed E-state index contributed by atoms with van der Waals surface area (Å²) in [5.74, 6) is 5.60. The van der Waals surface area contributed by atoms with E-state index in [0.717, 1.165) is 15.6 Å². The number of rotatable bonds is 4. The Labute approximate surface area is 128 Å². The van der Waals surface area contributed by atoms with E-state index in [1.807, 2.05) is 24.3 Å². The van der Waals surface area contributed by atoms with Crippen molar-refractivity contribution < 1.29 is 4.79 Å². The average molecular weight is 320 g/mol. The van der Waals surface area contributed by atoms with Crippen molar-refractivity contribution in [3.63, 3.8) is 0 Å². The standard InChI is InChI=1S/C12H12N6OS2/c1-18-12(15-16-17-18)20-6-8-7-4-2-3-5-9(7)21-10(8)11(19)14-13/h2-5H,6,13H2,1H3,(H,14,19). The number of carbonyl (C=O) groups excluding carboxylic acids is 1. The maximum atomic E-state index is 12.0. The molecule has 108 valence electrons. The van der Waals surface area contributed by atoms with Crippen LogP contribution < -0.4 is 11.3 Å². The van der Waals surface area contributed by atoms with Crippen LogP contribution in [-0.2, 0) is 12.8 Å². The topological polar surface area (TPSA) is 98.7 Å². The highest BCUT2D eigenvalue weighted by Gasteiger charge is 2.18. The largest absolute Gasteiger partial charge is 0.289 e. The maximum absolute atomic E-state index is 12.0. The number of nitrogen functional groups attached to an aromatic ring is 1. The van der Waals surface area contributed by atoms with Crippen molar-refractivity contribution in [2.75, 3.05) is 0 Å². The predicted octanol–water partition coefficient (Wildman–Crippen LogP) is 1.32. The van der Waals surface area contributed by atoms with Crippen LogP contribution in [0.1, 0.15) is 15.2 Å². The molecule has 0 saturated carbocycles. The van der Waals surface area contributed by atoms with Gasteiger partial charge in [-0.3, -0.25) is 10.2 Å². The molecule has 0 radical (unpaired) electrons. The fraction of sp³-hybridized carbons (Fsp3) is 0.167. The van der Waals surface area contributed by atoms with Crippen molar-refractivity contribution in [1.29, 1.82) is 0 Å². The van der Waals surface area contributed by atoms with Gasteiger partial charge >= 0.3 is 0 Å². The molecule has 0 aliphatic rings. The number of amides is 1. The summed E-state index contributed by atoms with van der Waals surface area (Å²) in [5, 5.41) is 13.1. The van der Waals surface area contributed by atoms with Gasteiger partial charge in [-0.2, -0.15) is 0 Å². The number of nitrogens with one attached hydrogen (secondary N) is 1. The molecule has 1 aromatic carbocycles. The predicted molar refractivity (Wildman–Crippen MR) is 81.8 cm³/mol. The number of aromatic nitrogens is 4. The van der Waals surface area contributed by atoms with Crippen molar-refractivity contribution in [2.24, 2.45) is 12.9 Å². The van der Waals surface area contributed by atoms with Crippen LogP contribution in [0, 0.1) is 0 Å². The van der Waals surface area contributed by atoms with E-state index < -0.39 is 0 Å². The third-order valence-corrected chi connectivity index (χ3v) is 5.21. The fourth-order valence-corrected chi connectivity index (χ4v) is 4.08. The second-order valence-electron chi connectivity index (χ2n) is 4.25. The van der Waals surface area contributed by atoms with E-state index in [-0.39, 0.29) is 5.91 Å². The maximum Gasteiger partial charge on any atom is 0.275 e. The first-order chi connectivity index (χ1) is 10.2. The molecule has 0 bridgehead atoms. The van der Waals surface area contributed by atoms with E-state index >= 15 is 0 Å². The van der Waals surface area contributed by atoms with Crippen LogP contribution in [0.15, 0.2) is 29.4 Å². The van der Waals surface area contributed by atoms with Crippen molar-refractivity contribution in [3.05, 3.63) is 34.7 Å². The van der Waals surface area contributed by atoms with Gasteiger partial charge in [0.15, 0.2) is 0 Å². The molecule has 1 amide bonds. The zero-order valence-corrected chi connectivity index (χ0v) is 12.7. The minimum Gasteiger partial charge on any atom is -0.289 e. The monoisotopic (exact) mass is 320 g/mol. The third-order valence-electron chi connectivity index (χ3n) is 2.96. The quantitative estimate of drug-likeness (QED) is 0.325. The Morgan fingerprint density at radius 1 is 1.48 bits per heavy atom. The van der Waals surface area contributed by atoms with E-state index in [1.54, 1.807) is 11.7 Å². The van der Waals surface area contributed by atoms with Crippen LogP contribution in [0.5, 0.6) is 0 Å². The van der Waals surface area contributed by atoms with Gasteiger partial charge in [-0.15, -0.1) is 16.4 Å². The molecular formula is C12H12N6OS2. The molecule has 0 aliphatic heterocycles. The Kier molecular flexibility index (Phi) is 3.86. The molecule has 2 heterocycles. The third kappa shape index (κ3) is 2.62. The summed E-state index contributed by atoms with van der Waals surface area (Å²) in [4.78, 5) is 12.6. The Morgan fingerprint density at radius 2 is 2.29 bits per heavy atom. The highest BCUT2D eigenvalue weighted by Crippen LogP contribution is 2.34. The summed E-state index contributed by atoms with van der Waals surface area (Å²) >= 11 is 2.92. The van der Waals surface area contributed by atoms with E-state index in [9.17, 15) is 4.79 Å². The molecule has 2 aromatic heterocycles. The lowest BCUT2D eigenvalue weighted by Gasteiger charge is -2.03. The van der Waals surface area contributed by atoms with Gasteiger partial charge in [0.1, 0.15) is 0 Å². The molecular weight excluding hydrogens is 308 g/mol. The second-order valence-corrected chi connectivity index (χ2v) is 6.25. The molecule has 0 fully saturated rings. The van der Waals surface area contributed by atoms with Gasteiger partial charge in [-0.25, -0.2) is 10.5 Å². The van der Waals surface area contributed by atoms with E-state index in [2.05, 4.69) is 21.0 Å². The van der Waals surface area contributed by atoms with E-state index in [4.69, 9.17) is 5.84 Å². The lowest BCUT2D eigenvalue weighted by atomic mass is 10.1. The van der Waals surface area contributed by atoms with Crippen LogP contribution in [-0.4, -0.2) is 26.1 Å². The minimum absolute atomic E-state index is 0.275. The van der Waals surface area contributed by atoms with Crippen LogP contribution in [0.2, 0.25) is 0 Å². The van der Waals surface area contributed by atoms with Crippen LogP contribution in [0.4, 0.5) is 0 Å². The second kappa shape index (κ2) is 5.80. The lowest BCUT2D eigenvalue weighted by molar-refractivity contribution is 0.0957. The first-order valence-corrected chi connectivity index (χ1v) is 7.87. The molecule has 7 nitrogen and oxygen atoms in total. The highest BCUT2D eigenvalue weighted by molar-refractivity contribution is 7.98. The molecule has 0 spiro atoms. The molecule has 9 heteroatoms. The molecule has 3 aromatic rings. The van der Waals surface area contributed by atoms with Crippen molar-refractivity contribution in [1.82, 2.24) is 25.6 Å². The fourth-order valence-electron chi connectivity index (χ4n) is 1.97. The molecule has 0 unspecified atom stereocenters. The summed E-state index contributed by atoms with van der Waals surface area (Å²) < 4.78 is 2.66. The normalized spacial score (nSPS) is 11.0. The number of thioether (sulfide) groups is 1. The number of benzene rings is 1. The number of thiophene rings is 1. The van der Waals surface area contributed by atoms with Crippen LogP contribution >= 0.6 is 23.1 Å². The van der Waals surface area contributed by atoms with E-state index in [1.165, 1.54) is 23.1 Å². The summed E-state index contributed by atoms with van der Waals surface area (Å²) in [6, 6.07) is 7.90. The Bertz CT molecular complexity index is 796. The van der Waals surface area contributed by atoms with E-state index in [0.29, 0.717) is 15.8 Å². The average Bonchev–Trinajstić information content (AvgIpc) is 3.08. The highest BCUT2D eigenvalue weighted by atomic mass is 32.2. The lowest BCUT2D eigenvalue weighted by Crippen LogP contribution is -2.29. The molecule has 3 rings (SSSR count). The van der Waals surface area contributed by atoms with Gasteiger partial charge in [-0.1, -0.05) is 30.0 Å². The Hall–Kier alpha value is -1.97. The number of nitrogens with two attached hydrogens (primary N) is 1. The zero-order chi connectivity index (χ0) is 14.8. The number of hydrazine groups is 1. The van der Waals surface area contributed by atoms with Gasteiger partial charge in [0.25, 0.3) is 5.91 Å². The van der Waals surface area contributed by atoms with Crippen LogP contribution in [0.25, 0.3) is 10.1 Å². The number of aryl methyl sites for hydroxylation is 1. The van der Waals surface area contributed by atoms with Gasteiger partial charge in [0, 0.05) is 17.5 Å². The number of fused-ring (bicyclic) bond motifs is 1. The van der Waals surface area contributed by atoms with Crippen LogP contribution in [0.3, 0.4) is 0 Å². The SMILES string of the molecule is Cn1nnnc1SCc1c(C(=O)NN)sc2ccccc12. The molecule has 0 atom stereocenters. The van der Waals surface area contributed by atoms with Crippen molar-refractivity contribution in [2.45, 2.75) is 10.9 Å². The first kappa shape index (κ1) is 14.0. The molecule has 21 heavy (non-hydrogen) atoms. The number of tetrazole rings is 1. The van der Waals surface area contributed by atoms with Crippen molar-refractivity contribution >= 4 is 39.1 Å². The number of hydrogen-bond acceptors (Lipinski definition) is 7. The smallest absolute Gasteiger partial charge is 0.275 e. The van der Waals surface area contributed by atoms with Gasteiger partial charge < -0.3 is 0 Å². The minimum atomic E-state index is -0.275. The summed E-state index contributed by atoms with van der Waals surface area (Å²) in [7, 11) is 1.78. The molecule has 0 saturated heterocycles. The molecule has 0 aliphatic carbocycles. The number of nitrogens with zero attached hydrogens (tertiary/aromatic N) is 4. The first-order valence-electron chi connectivity index (χ1n) is 6.07.